The molecule has 0 aliphatic carbocycles. The first-order chi connectivity index (χ1) is 17.0. The van der Waals surface area contributed by atoms with Gasteiger partial charge >= 0.3 is 5.69 Å². The summed E-state index contributed by atoms with van der Waals surface area (Å²) >= 11 is 0. The smallest absolute Gasteiger partial charge is 0.343 e. The highest BCUT2D eigenvalue weighted by Gasteiger charge is 2.24. The summed E-state index contributed by atoms with van der Waals surface area (Å²) in [6.45, 7) is 0. The molecule has 0 spiro atoms. The van der Waals surface area contributed by atoms with Gasteiger partial charge in [-0.2, -0.15) is 0 Å². The average Bonchev–Trinajstić information content (AvgIpc) is 3.30. The van der Waals surface area contributed by atoms with Crippen LogP contribution in [0.4, 0.5) is 5.69 Å². The van der Waals surface area contributed by atoms with Crippen LogP contribution in [0.25, 0.3) is 23.0 Å². The van der Waals surface area contributed by atoms with Crippen molar-refractivity contribution in [2.24, 2.45) is 4.99 Å². The van der Waals surface area contributed by atoms with E-state index in [2.05, 4.69) is 4.99 Å². The lowest BCUT2D eigenvalue weighted by Gasteiger charge is -2.18. The first kappa shape index (κ1) is 22.0. The van der Waals surface area contributed by atoms with Crippen LogP contribution < -0.4 is 20.7 Å². The summed E-state index contributed by atoms with van der Waals surface area (Å²) in [6, 6.07) is 20.9. The minimum atomic E-state index is -0.774. The molecule has 0 amide bonds. The fourth-order valence-electron chi connectivity index (χ4n) is 4.11. The second-order valence-electron chi connectivity index (χ2n) is 7.71. The molecule has 35 heavy (non-hydrogen) atoms. The predicted octanol–water partition coefficient (Wildman–Crippen LogP) is 3.97. The van der Waals surface area contributed by atoms with Crippen molar-refractivity contribution in [3.05, 3.63) is 105 Å². The van der Waals surface area contributed by atoms with E-state index in [1.165, 1.54) is 20.3 Å². The maximum Gasteiger partial charge on any atom is 0.343 e. The van der Waals surface area contributed by atoms with Crippen LogP contribution in [0.3, 0.4) is 0 Å². The topological polar surface area (TPSA) is 95.1 Å². The Morgan fingerprint density at radius 3 is 2.03 bits per heavy atom. The summed E-state index contributed by atoms with van der Waals surface area (Å²) < 4.78 is 12.9. The number of ether oxygens (including phenoxy) is 2. The summed E-state index contributed by atoms with van der Waals surface area (Å²) in [7, 11) is 2.92. The standard InChI is InChI=1S/C27H21N3O5/c1-34-23-13-7-5-11-21(23)29-25(31)19(15-17-16-28-20-10-4-3-9-18(17)20)26(32)30(27(29)33)22-12-6-8-14-24(22)35-2/h3-16,31H,1-2H3. The van der Waals surface area contributed by atoms with Gasteiger partial charge in [0.1, 0.15) is 17.1 Å². The molecule has 3 aromatic carbocycles. The normalized spacial score (nSPS) is 13.1. The third kappa shape index (κ3) is 3.61. The Morgan fingerprint density at radius 2 is 1.37 bits per heavy atom. The van der Waals surface area contributed by atoms with Gasteiger partial charge in [-0.1, -0.05) is 42.5 Å². The number of rotatable bonds is 5. The highest BCUT2D eigenvalue weighted by molar-refractivity contribution is 6.21. The maximum atomic E-state index is 13.7. The van der Waals surface area contributed by atoms with Gasteiger partial charge in [-0.15, -0.1) is 0 Å². The van der Waals surface area contributed by atoms with E-state index in [0.717, 1.165) is 20.4 Å². The molecule has 0 fully saturated rings. The second-order valence-corrected chi connectivity index (χ2v) is 7.71. The first-order valence-corrected chi connectivity index (χ1v) is 10.8. The maximum absolute atomic E-state index is 13.7. The number of nitrogens with zero attached hydrogens (tertiary/aromatic N) is 3. The average molecular weight is 467 g/mol. The number of hydrogen-bond acceptors (Lipinski definition) is 6. The van der Waals surface area contributed by atoms with E-state index >= 15 is 0 Å². The summed E-state index contributed by atoms with van der Waals surface area (Å²) in [6.07, 6.45) is 3.15. The second kappa shape index (κ2) is 8.83. The van der Waals surface area contributed by atoms with Crippen molar-refractivity contribution in [3.63, 3.8) is 0 Å². The van der Waals surface area contributed by atoms with Gasteiger partial charge in [0.05, 0.1) is 31.3 Å². The van der Waals surface area contributed by atoms with E-state index in [9.17, 15) is 14.7 Å². The quantitative estimate of drug-likeness (QED) is 0.479. The van der Waals surface area contributed by atoms with Crippen LogP contribution in [-0.2, 0) is 0 Å². The molecule has 5 rings (SSSR count). The molecule has 1 aliphatic heterocycles. The predicted molar refractivity (Wildman–Crippen MR) is 135 cm³/mol. The zero-order valence-corrected chi connectivity index (χ0v) is 19.0. The largest absolute Gasteiger partial charge is 0.495 e. The van der Waals surface area contributed by atoms with Crippen LogP contribution in [0.5, 0.6) is 17.4 Å². The van der Waals surface area contributed by atoms with Gasteiger partial charge in [-0.3, -0.25) is 9.79 Å². The molecule has 1 aromatic heterocycles. The Labute approximate surface area is 200 Å². The number of para-hydroxylation sites is 5. The fraction of sp³-hybridized carbons (Fsp3) is 0.0741. The Morgan fingerprint density at radius 1 is 0.800 bits per heavy atom. The fourth-order valence-corrected chi connectivity index (χ4v) is 4.11. The first-order valence-electron chi connectivity index (χ1n) is 10.8. The molecule has 8 nitrogen and oxygen atoms in total. The van der Waals surface area contributed by atoms with Crippen molar-refractivity contribution in [3.8, 4) is 28.8 Å². The van der Waals surface area contributed by atoms with Crippen LogP contribution in [0, 0.1) is 0 Å². The van der Waals surface area contributed by atoms with E-state index in [0.29, 0.717) is 17.1 Å². The third-order valence-corrected chi connectivity index (χ3v) is 5.78. The number of fused-ring (bicyclic) bond motifs is 1. The molecule has 0 atom stereocenters. The van der Waals surface area contributed by atoms with E-state index in [4.69, 9.17) is 9.47 Å². The number of methoxy groups -OCH3 is 2. The van der Waals surface area contributed by atoms with Crippen molar-refractivity contribution in [1.29, 1.82) is 0 Å². The number of allylic oxidation sites excluding steroid dienone is 1. The number of aliphatic imine (C=N–C) groups is 1. The van der Waals surface area contributed by atoms with Crippen molar-refractivity contribution in [2.45, 2.75) is 0 Å². The molecular weight excluding hydrogens is 446 g/mol. The Balaban J connectivity index is 1.88. The number of aromatic nitrogens is 2. The Bertz CT molecular complexity index is 1630. The molecule has 0 unspecified atom stereocenters. The monoisotopic (exact) mass is 467 g/mol. The molecule has 1 aliphatic rings. The van der Waals surface area contributed by atoms with Gasteiger partial charge in [-0.05, 0) is 36.4 Å². The van der Waals surface area contributed by atoms with Gasteiger partial charge < -0.3 is 14.6 Å². The summed E-state index contributed by atoms with van der Waals surface area (Å²) in [5.41, 5.74) is 1.16. The van der Waals surface area contributed by atoms with E-state index in [1.807, 2.05) is 24.3 Å². The zero-order chi connectivity index (χ0) is 24.5. The Hall–Kier alpha value is -4.85. The van der Waals surface area contributed by atoms with Crippen LogP contribution in [0.2, 0.25) is 0 Å². The van der Waals surface area contributed by atoms with E-state index in [-0.39, 0.29) is 16.9 Å². The van der Waals surface area contributed by atoms with Crippen molar-refractivity contribution >= 4 is 23.6 Å². The lowest BCUT2D eigenvalue weighted by Crippen LogP contribution is -2.39. The van der Waals surface area contributed by atoms with Crippen molar-refractivity contribution in [2.75, 3.05) is 14.2 Å². The molecule has 8 heteroatoms. The molecule has 4 aromatic rings. The van der Waals surface area contributed by atoms with E-state index in [1.54, 1.807) is 54.7 Å². The summed E-state index contributed by atoms with van der Waals surface area (Å²) in [4.78, 5) is 31.9. The van der Waals surface area contributed by atoms with Gasteiger partial charge in [0, 0.05) is 17.4 Å². The highest BCUT2D eigenvalue weighted by Crippen LogP contribution is 2.34. The van der Waals surface area contributed by atoms with Crippen LogP contribution >= 0.6 is 0 Å². The van der Waals surface area contributed by atoms with Gasteiger partial charge in [-0.25, -0.2) is 13.9 Å². The van der Waals surface area contributed by atoms with Gasteiger partial charge in [0.25, 0.3) is 5.56 Å². The number of aromatic hydroxyl groups is 1. The van der Waals surface area contributed by atoms with Gasteiger partial charge in [0.2, 0.25) is 5.88 Å². The molecular formula is C27H21N3O5. The number of hydrogen-bond donors (Lipinski definition) is 1. The van der Waals surface area contributed by atoms with Crippen molar-refractivity contribution in [1.82, 2.24) is 9.13 Å². The number of benzene rings is 3. The third-order valence-electron chi connectivity index (χ3n) is 5.78. The summed E-state index contributed by atoms with van der Waals surface area (Å²) in [5.74, 6) is 0.165. The Kier molecular flexibility index (Phi) is 5.54. The molecule has 0 radical (unpaired) electrons. The lowest BCUT2D eigenvalue weighted by molar-refractivity contribution is 0.398. The van der Waals surface area contributed by atoms with Crippen LogP contribution in [-0.4, -0.2) is 34.7 Å². The molecule has 2 heterocycles. The van der Waals surface area contributed by atoms with Crippen LogP contribution in [0.1, 0.15) is 11.1 Å². The van der Waals surface area contributed by atoms with Crippen molar-refractivity contribution < 1.29 is 14.6 Å². The highest BCUT2D eigenvalue weighted by atomic mass is 16.5. The molecule has 0 bridgehead atoms. The minimum Gasteiger partial charge on any atom is -0.495 e. The lowest BCUT2D eigenvalue weighted by atomic mass is 10.0. The molecule has 174 valence electrons. The molecule has 0 saturated heterocycles. The SMILES string of the molecule is COc1ccccc1-n1c(O)c(C=C2C=Nc3ccccc32)c(=O)n(-c2ccccc2OC)c1=O. The van der Waals surface area contributed by atoms with E-state index < -0.39 is 17.1 Å². The van der Waals surface area contributed by atoms with Gasteiger partial charge in [0.15, 0.2) is 0 Å². The van der Waals surface area contributed by atoms with Crippen LogP contribution in [0.15, 0.2) is 87.4 Å². The minimum absolute atomic E-state index is 0.0837. The molecule has 0 saturated carbocycles. The molecule has 1 N–H and O–H groups in total. The zero-order valence-electron chi connectivity index (χ0n) is 19.0. The summed E-state index contributed by atoms with van der Waals surface area (Å²) in [5, 5.41) is 11.3.